The third-order valence-electron chi connectivity index (χ3n) is 3.33. The van der Waals surface area contributed by atoms with E-state index in [0.717, 1.165) is 18.4 Å². The zero-order valence-corrected chi connectivity index (χ0v) is 13.1. The predicted octanol–water partition coefficient (Wildman–Crippen LogP) is 5.74. The number of rotatable bonds is 7. The van der Waals surface area contributed by atoms with Crippen LogP contribution in [0.1, 0.15) is 31.7 Å². The lowest BCUT2D eigenvalue weighted by atomic mass is 10.1. The minimum absolute atomic E-state index is 0.0359. The lowest BCUT2D eigenvalue weighted by Crippen LogP contribution is -2.03. The molecule has 0 aliphatic rings. The second-order valence-electron chi connectivity index (χ2n) is 5.03. The highest BCUT2D eigenvalue weighted by molar-refractivity contribution is 6.30. The maximum Gasteiger partial charge on any atom is 0.387 e. The summed E-state index contributed by atoms with van der Waals surface area (Å²) in [6.07, 6.45) is 6.24. The van der Waals surface area contributed by atoms with Gasteiger partial charge in [0.2, 0.25) is 0 Å². The molecule has 0 unspecified atom stereocenters. The Kier molecular flexibility index (Phi) is 6.13. The molecule has 0 N–H and O–H groups in total. The van der Waals surface area contributed by atoms with Gasteiger partial charge in [-0.2, -0.15) is 8.78 Å². The Morgan fingerprint density at radius 1 is 1.18 bits per heavy atom. The SMILES string of the molecule is CCCCCc1ccc(-c2ccc(Cl)cc2OC(F)F)nc1. The smallest absolute Gasteiger partial charge is 0.387 e. The molecule has 0 fully saturated rings. The fourth-order valence-corrected chi connectivity index (χ4v) is 2.37. The van der Waals surface area contributed by atoms with Gasteiger partial charge in [-0.1, -0.05) is 37.4 Å². The number of halogens is 3. The van der Waals surface area contributed by atoms with Gasteiger partial charge in [-0.25, -0.2) is 0 Å². The Morgan fingerprint density at radius 2 is 2.00 bits per heavy atom. The van der Waals surface area contributed by atoms with E-state index in [1.54, 1.807) is 18.3 Å². The van der Waals surface area contributed by atoms with Gasteiger partial charge in [0.25, 0.3) is 0 Å². The van der Waals surface area contributed by atoms with E-state index in [0.29, 0.717) is 16.3 Å². The molecule has 0 aliphatic carbocycles. The van der Waals surface area contributed by atoms with Gasteiger partial charge in [0.1, 0.15) is 5.75 Å². The molecule has 22 heavy (non-hydrogen) atoms. The quantitative estimate of drug-likeness (QED) is 0.606. The van der Waals surface area contributed by atoms with E-state index in [1.807, 2.05) is 12.1 Å². The Labute approximate surface area is 134 Å². The maximum atomic E-state index is 12.5. The van der Waals surface area contributed by atoms with Crippen LogP contribution in [0.4, 0.5) is 8.78 Å². The molecule has 0 amide bonds. The molecule has 0 bridgehead atoms. The highest BCUT2D eigenvalue weighted by atomic mass is 35.5. The predicted molar refractivity (Wildman–Crippen MR) is 84.5 cm³/mol. The van der Waals surface area contributed by atoms with Crippen molar-refractivity contribution in [1.82, 2.24) is 4.98 Å². The summed E-state index contributed by atoms with van der Waals surface area (Å²) in [5.74, 6) is 0.0359. The largest absolute Gasteiger partial charge is 0.434 e. The lowest BCUT2D eigenvalue weighted by Gasteiger charge is -2.11. The minimum Gasteiger partial charge on any atom is -0.434 e. The topological polar surface area (TPSA) is 22.1 Å². The first kappa shape index (κ1) is 16.7. The van der Waals surface area contributed by atoms with E-state index in [2.05, 4.69) is 16.6 Å². The molecule has 2 rings (SSSR count). The van der Waals surface area contributed by atoms with Crippen LogP contribution in [0.5, 0.6) is 5.75 Å². The zero-order valence-electron chi connectivity index (χ0n) is 12.4. The van der Waals surface area contributed by atoms with Crippen LogP contribution in [0.15, 0.2) is 36.5 Å². The molecular weight excluding hydrogens is 308 g/mol. The Morgan fingerprint density at radius 3 is 2.64 bits per heavy atom. The van der Waals surface area contributed by atoms with Crippen molar-refractivity contribution in [2.75, 3.05) is 0 Å². The fraction of sp³-hybridized carbons (Fsp3) is 0.353. The van der Waals surface area contributed by atoms with Gasteiger partial charge in [0.15, 0.2) is 0 Å². The molecule has 5 heteroatoms. The number of benzene rings is 1. The van der Waals surface area contributed by atoms with Crippen molar-refractivity contribution in [3.05, 3.63) is 47.1 Å². The summed E-state index contributed by atoms with van der Waals surface area (Å²) >= 11 is 5.84. The summed E-state index contributed by atoms with van der Waals surface area (Å²) in [4.78, 5) is 4.36. The Bertz CT molecular complexity index is 602. The van der Waals surface area contributed by atoms with Gasteiger partial charge in [-0.05, 0) is 42.7 Å². The molecule has 1 aromatic heterocycles. The number of aryl methyl sites for hydroxylation is 1. The third kappa shape index (κ3) is 4.67. The summed E-state index contributed by atoms with van der Waals surface area (Å²) in [5, 5.41) is 0.343. The van der Waals surface area contributed by atoms with Crippen molar-refractivity contribution in [3.63, 3.8) is 0 Å². The summed E-state index contributed by atoms with van der Waals surface area (Å²) in [6.45, 7) is -0.739. The minimum atomic E-state index is -2.90. The van der Waals surface area contributed by atoms with Gasteiger partial charge in [-0.3, -0.25) is 4.98 Å². The fourth-order valence-electron chi connectivity index (χ4n) is 2.21. The molecule has 0 radical (unpaired) electrons. The standard InChI is InChI=1S/C17H18ClF2NO/c1-2-3-4-5-12-6-9-15(21-11-12)14-8-7-13(18)10-16(14)22-17(19)20/h6-11,17H,2-5H2,1H3. The van der Waals surface area contributed by atoms with Crippen molar-refractivity contribution in [2.45, 2.75) is 39.2 Å². The van der Waals surface area contributed by atoms with Gasteiger partial charge in [0.05, 0.1) is 5.69 Å². The van der Waals surface area contributed by atoms with Crippen molar-refractivity contribution >= 4 is 11.6 Å². The van der Waals surface area contributed by atoms with Gasteiger partial charge < -0.3 is 4.74 Å². The normalized spacial score (nSPS) is 11.0. The van der Waals surface area contributed by atoms with E-state index in [-0.39, 0.29) is 5.75 Å². The first-order chi connectivity index (χ1) is 10.6. The Balaban J connectivity index is 2.20. The van der Waals surface area contributed by atoms with E-state index in [9.17, 15) is 8.78 Å². The molecule has 1 heterocycles. The zero-order chi connectivity index (χ0) is 15.9. The van der Waals surface area contributed by atoms with Gasteiger partial charge in [-0.15, -0.1) is 0 Å². The molecule has 2 aromatic rings. The number of aromatic nitrogens is 1. The first-order valence-electron chi connectivity index (χ1n) is 7.30. The van der Waals surface area contributed by atoms with Gasteiger partial charge in [0, 0.05) is 16.8 Å². The van der Waals surface area contributed by atoms with E-state index < -0.39 is 6.61 Å². The van der Waals surface area contributed by atoms with Crippen LogP contribution in [0, 0.1) is 0 Å². The molecule has 0 saturated carbocycles. The van der Waals surface area contributed by atoms with Crippen molar-refractivity contribution in [1.29, 1.82) is 0 Å². The number of alkyl halides is 2. The lowest BCUT2D eigenvalue weighted by molar-refractivity contribution is -0.0494. The molecule has 1 aromatic carbocycles. The third-order valence-corrected chi connectivity index (χ3v) is 3.56. The molecule has 0 spiro atoms. The van der Waals surface area contributed by atoms with Crippen molar-refractivity contribution in [3.8, 4) is 17.0 Å². The monoisotopic (exact) mass is 325 g/mol. The summed E-state index contributed by atoms with van der Waals surface area (Å²) < 4.78 is 29.5. The number of unbranched alkanes of at least 4 members (excludes halogenated alkanes) is 2. The number of hydrogen-bond acceptors (Lipinski definition) is 2. The summed E-state index contributed by atoms with van der Waals surface area (Å²) in [5.41, 5.74) is 2.24. The van der Waals surface area contributed by atoms with E-state index in [4.69, 9.17) is 11.6 Å². The first-order valence-corrected chi connectivity index (χ1v) is 7.67. The van der Waals surface area contributed by atoms with Gasteiger partial charge >= 0.3 is 6.61 Å². The van der Waals surface area contributed by atoms with E-state index in [1.165, 1.54) is 18.9 Å². The summed E-state index contributed by atoms with van der Waals surface area (Å²) in [6, 6.07) is 8.44. The number of pyridine rings is 1. The highest BCUT2D eigenvalue weighted by Gasteiger charge is 2.13. The second-order valence-corrected chi connectivity index (χ2v) is 5.46. The number of hydrogen-bond donors (Lipinski definition) is 0. The average Bonchev–Trinajstić information content (AvgIpc) is 2.48. The molecule has 2 nitrogen and oxygen atoms in total. The molecule has 118 valence electrons. The maximum absolute atomic E-state index is 12.5. The molecular formula is C17H18ClF2NO. The van der Waals surface area contributed by atoms with E-state index >= 15 is 0 Å². The molecule has 0 atom stereocenters. The highest BCUT2D eigenvalue weighted by Crippen LogP contribution is 2.32. The van der Waals surface area contributed by atoms with Crippen LogP contribution in [0.3, 0.4) is 0 Å². The molecule has 0 aliphatic heterocycles. The van der Waals surface area contributed by atoms with Crippen LogP contribution in [0.2, 0.25) is 5.02 Å². The number of nitrogens with zero attached hydrogens (tertiary/aromatic N) is 1. The van der Waals surface area contributed by atoms with Crippen LogP contribution < -0.4 is 4.74 Å². The van der Waals surface area contributed by atoms with Crippen LogP contribution in [-0.4, -0.2) is 11.6 Å². The average molecular weight is 326 g/mol. The van der Waals surface area contributed by atoms with Crippen LogP contribution in [-0.2, 0) is 6.42 Å². The molecule has 0 saturated heterocycles. The van der Waals surface area contributed by atoms with Crippen molar-refractivity contribution in [2.24, 2.45) is 0 Å². The van der Waals surface area contributed by atoms with Crippen LogP contribution >= 0.6 is 11.6 Å². The Hall–Kier alpha value is -1.68. The van der Waals surface area contributed by atoms with Crippen LogP contribution in [0.25, 0.3) is 11.3 Å². The number of ether oxygens (including phenoxy) is 1. The second kappa shape index (κ2) is 8.08. The van der Waals surface area contributed by atoms with Crippen molar-refractivity contribution < 1.29 is 13.5 Å². The summed E-state index contributed by atoms with van der Waals surface area (Å²) in [7, 11) is 0.